The fraction of sp³-hybridized carbons (Fsp3) is 0.263. The number of hydroxylamine groups is 1. The van der Waals surface area contributed by atoms with Crippen molar-refractivity contribution in [1.82, 2.24) is 5.48 Å². The van der Waals surface area contributed by atoms with Gasteiger partial charge in [0.05, 0.1) is 0 Å². The van der Waals surface area contributed by atoms with E-state index < -0.39 is 12.0 Å². The number of nitrogens with zero attached hydrogens (tertiary/aromatic N) is 1. The Morgan fingerprint density at radius 2 is 1.73 bits per heavy atom. The molecule has 2 aromatic rings. The predicted octanol–water partition coefficient (Wildman–Crippen LogP) is 4.39. The van der Waals surface area contributed by atoms with E-state index in [-0.39, 0.29) is 0 Å². The first-order chi connectivity index (χ1) is 12.4. The van der Waals surface area contributed by atoms with Crippen LogP contribution in [0.5, 0.6) is 0 Å². The lowest BCUT2D eigenvalue weighted by molar-refractivity contribution is 0.0615. The first kappa shape index (κ1) is 19.6. The number of hydrogen-bond acceptors (Lipinski definition) is 4. The van der Waals surface area contributed by atoms with Gasteiger partial charge in [-0.3, -0.25) is 10.1 Å². The van der Waals surface area contributed by atoms with Gasteiger partial charge in [0.2, 0.25) is 0 Å². The minimum atomic E-state index is -0.772. The van der Waals surface area contributed by atoms with Crippen LogP contribution < -0.4 is 15.7 Å². The molecule has 0 heterocycles. The Hall–Kier alpha value is -2.73. The van der Waals surface area contributed by atoms with Gasteiger partial charge < -0.3 is 9.74 Å². The van der Waals surface area contributed by atoms with Gasteiger partial charge in [-0.25, -0.2) is 4.79 Å². The van der Waals surface area contributed by atoms with Crippen LogP contribution in [0.2, 0.25) is 5.02 Å². The Kier molecular flexibility index (Phi) is 6.86. The highest BCUT2D eigenvalue weighted by molar-refractivity contribution is 6.30. The van der Waals surface area contributed by atoms with E-state index in [0.717, 1.165) is 24.3 Å². The molecule has 0 bridgehead atoms. The molecule has 138 valence electrons. The summed E-state index contributed by atoms with van der Waals surface area (Å²) in [6.07, 6.45) is -0.772. The van der Waals surface area contributed by atoms with Gasteiger partial charge in [0.1, 0.15) is 0 Å². The summed E-state index contributed by atoms with van der Waals surface area (Å²) in [5, 5.41) is 3.13. The van der Waals surface area contributed by atoms with Crippen LogP contribution in [-0.4, -0.2) is 25.1 Å². The SMILES string of the molecule is CCN(CC)c1ccc(NC(=O)ONC(=O)c2ccc(Cl)cc2)c(C)c1. The van der Waals surface area contributed by atoms with Crippen LogP contribution in [0.3, 0.4) is 0 Å². The van der Waals surface area contributed by atoms with Crippen molar-refractivity contribution in [2.24, 2.45) is 0 Å². The molecule has 0 saturated carbocycles. The quantitative estimate of drug-likeness (QED) is 0.760. The molecule has 0 fully saturated rings. The standard InChI is InChI=1S/C19H22ClN3O3/c1-4-23(5-2)16-10-11-17(13(3)12-16)21-19(25)26-22-18(24)14-6-8-15(20)9-7-14/h6-12H,4-5H2,1-3H3,(H,21,25)(H,22,24). The number of aryl methyl sites for hydroxylation is 1. The second kappa shape index (κ2) is 9.10. The van der Waals surface area contributed by atoms with Gasteiger partial charge >= 0.3 is 6.09 Å². The maximum absolute atomic E-state index is 11.9. The Labute approximate surface area is 158 Å². The Bertz CT molecular complexity index is 774. The average molecular weight is 376 g/mol. The van der Waals surface area contributed by atoms with E-state index in [9.17, 15) is 9.59 Å². The van der Waals surface area contributed by atoms with Crippen molar-refractivity contribution in [2.45, 2.75) is 20.8 Å². The van der Waals surface area contributed by atoms with Crippen molar-refractivity contribution < 1.29 is 14.4 Å². The lowest BCUT2D eigenvalue weighted by atomic mass is 10.1. The van der Waals surface area contributed by atoms with Crippen LogP contribution >= 0.6 is 11.6 Å². The number of carbonyl (C=O) groups is 2. The van der Waals surface area contributed by atoms with E-state index in [0.29, 0.717) is 16.3 Å². The molecule has 2 aromatic carbocycles. The van der Waals surface area contributed by atoms with E-state index in [1.165, 1.54) is 12.1 Å². The van der Waals surface area contributed by atoms with Crippen LogP contribution in [-0.2, 0) is 4.84 Å². The molecule has 0 aliphatic carbocycles. The van der Waals surface area contributed by atoms with E-state index in [4.69, 9.17) is 16.4 Å². The molecule has 0 spiro atoms. The minimum Gasteiger partial charge on any atom is -0.372 e. The summed E-state index contributed by atoms with van der Waals surface area (Å²) in [4.78, 5) is 30.8. The van der Waals surface area contributed by atoms with Crippen molar-refractivity contribution >= 4 is 35.0 Å². The summed E-state index contributed by atoms with van der Waals surface area (Å²) in [5.41, 5.74) is 5.04. The average Bonchev–Trinajstić information content (AvgIpc) is 2.63. The molecule has 0 saturated heterocycles. The molecule has 0 unspecified atom stereocenters. The van der Waals surface area contributed by atoms with Gasteiger partial charge in [-0.1, -0.05) is 11.6 Å². The third-order valence-electron chi connectivity index (χ3n) is 3.92. The van der Waals surface area contributed by atoms with E-state index in [1.807, 2.05) is 25.1 Å². The topological polar surface area (TPSA) is 70.7 Å². The molecular formula is C19H22ClN3O3. The van der Waals surface area contributed by atoms with Crippen molar-refractivity contribution in [3.05, 3.63) is 58.6 Å². The highest BCUT2D eigenvalue weighted by Crippen LogP contribution is 2.22. The van der Waals surface area contributed by atoms with Gasteiger partial charge in [0.15, 0.2) is 0 Å². The summed E-state index contributed by atoms with van der Waals surface area (Å²) >= 11 is 5.77. The molecule has 0 aliphatic rings. The molecule has 0 aromatic heterocycles. The zero-order chi connectivity index (χ0) is 19.1. The number of carbonyl (C=O) groups excluding carboxylic acids is 2. The summed E-state index contributed by atoms with van der Waals surface area (Å²) in [5.74, 6) is -0.537. The lowest BCUT2D eigenvalue weighted by Gasteiger charge is -2.22. The first-order valence-corrected chi connectivity index (χ1v) is 8.71. The summed E-state index contributed by atoms with van der Waals surface area (Å²) in [6, 6.07) is 12.0. The molecule has 2 amide bonds. The number of benzene rings is 2. The van der Waals surface area contributed by atoms with E-state index >= 15 is 0 Å². The third-order valence-corrected chi connectivity index (χ3v) is 4.17. The smallest absolute Gasteiger partial charge is 0.372 e. The molecule has 2 N–H and O–H groups in total. The van der Waals surface area contributed by atoms with Gasteiger partial charge in [0, 0.05) is 35.1 Å². The molecule has 2 rings (SSSR count). The summed E-state index contributed by atoms with van der Waals surface area (Å²) in [6.45, 7) is 7.88. The van der Waals surface area contributed by atoms with E-state index in [1.54, 1.807) is 12.1 Å². The van der Waals surface area contributed by atoms with Crippen LogP contribution in [0.4, 0.5) is 16.2 Å². The summed E-state index contributed by atoms with van der Waals surface area (Å²) in [7, 11) is 0. The highest BCUT2D eigenvalue weighted by atomic mass is 35.5. The zero-order valence-corrected chi connectivity index (χ0v) is 15.8. The van der Waals surface area contributed by atoms with Gasteiger partial charge in [-0.05, 0) is 68.8 Å². The summed E-state index contributed by atoms with van der Waals surface area (Å²) < 4.78 is 0. The fourth-order valence-electron chi connectivity index (χ4n) is 2.46. The molecule has 7 heteroatoms. The van der Waals surface area contributed by atoms with Crippen molar-refractivity contribution in [2.75, 3.05) is 23.3 Å². The van der Waals surface area contributed by atoms with Gasteiger partial charge in [-0.15, -0.1) is 0 Å². The Morgan fingerprint density at radius 1 is 1.08 bits per heavy atom. The third kappa shape index (κ3) is 5.13. The molecule has 0 radical (unpaired) electrons. The van der Waals surface area contributed by atoms with Crippen molar-refractivity contribution in [1.29, 1.82) is 0 Å². The number of anilines is 2. The van der Waals surface area contributed by atoms with Crippen LogP contribution in [0.25, 0.3) is 0 Å². The van der Waals surface area contributed by atoms with E-state index in [2.05, 4.69) is 29.5 Å². The number of halogens is 1. The number of rotatable bonds is 5. The Balaban J connectivity index is 1.93. The maximum atomic E-state index is 11.9. The minimum absolute atomic E-state index is 0.335. The van der Waals surface area contributed by atoms with Gasteiger partial charge in [-0.2, -0.15) is 5.48 Å². The normalized spacial score (nSPS) is 10.2. The largest absolute Gasteiger partial charge is 0.436 e. The number of nitrogens with one attached hydrogen (secondary N) is 2. The molecule has 0 atom stereocenters. The van der Waals surface area contributed by atoms with Gasteiger partial charge in [0.25, 0.3) is 5.91 Å². The molecular weight excluding hydrogens is 354 g/mol. The monoisotopic (exact) mass is 375 g/mol. The number of amides is 2. The second-order valence-corrected chi connectivity index (χ2v) is 6.06. The fourth-order valence-corrected chi connectivity index (χ4v) is 2.59. The first-order valence-electron chi connectivity index (χ1n) is 8.34. The maximum Gasteiger partial charge on any atom is 0.436 e. The molecule has 6 nitrogen and oxygen atoms in total. The molecule has 26 heavy (non-hydrogen) atoms. The highest BCUT2D eigenvalue weighted by Gasteiger charge is 2.11. The lowest BCUT2D eigenvalue weighted by Crippen LogP contribution is -2.29. The van der Waals surface area contributed by atoms with Crippen LogP contribution in [0.1, 0.15) is 29.8 Å². The van der Waals surface area contributed by atoms with Crippen molar-refractivity contribution in [3.63, 3.8) is 0 Å². The van der Waals surface area contributed by atoms with Crippen LogP contribution in [0.15, 0.2) is 42.5 Å². The zero-order valence-electron chi connectivity index (χ0n) is 15.0. The second-order valence-electron chi connectivity index (χ2n) is 5.62. The number of hydrogen-bond donors (Lipinski definition) is 2. The van der Waals surface area contributed by atoms with Crippen molar-refractivity contribution in [3.8, 4) is 0 Å². The molecule has 0 aliphatic heterocycles. The van der Waals surface area contributed by atoms with Crippen LogP contribution in [0, 0.1) is 6.92 Å². The predicted molar refractivity (Wildman–Crippen MR) is 104 cm³/mol. The Morgan fingerprint density at radius 3 is 2.31 bits per heavy atom.